The maximum Gasteiger partial charge on any atom is 0.247 e. The van der Waals surface area contributed by atoms with Crippen molar-refractivity contribution in [3.05, 3.63) is 65.6 Å². The van der Waals surface area contributed by atoms with Gasteiger partial charge in [-0.2, -0.15) is 4.98 Å². The summed E-state index contributed by atoms with van der Waals surface area (Å²) in [5, 5.41) is 19.5. The summed E-state index contributed by atoms with van der Waals surface area (Å²) in [6.07, 6.45) is 2.00. The van der Waals surface area contributed by atoms with Gasteiger partial charge in [-0.05, 0) is 58.3 Å². The molecule has 0 radical (unpaired) electrons. The van der Waals surface area contributed by atoms with E-state index >= 15 is 0 Å². The van der Waals surface area contributed by atoms with Crippen molar-refractivity contribution in [2.24, 2.45) is 0 Å². The number of aromatic nitrogens is 2. The van der Waals surface area contributed by atoms with Crippen LogP contribution >= 0.6 is 11.6 Å². The molecule has 0 aliphatic carbocycles. The van der Waals surface area contributed by atoms with Crippen LogP contribution < -0.4 is 25.6 Å². The van der Waals surface area contributed by atoms with Crippen LogP contribution in [0, 0.1) is 5.82 Å². The highest BCUT2D eigenvalue weighted by molar-refractivity contribution is 6.31. The molecule has 0 saturated carbocycles. The predicted molar refractivity (Wildman–Crippen MR) is 166 cm³/mol. The van der Waals surface area contributed by atoms with Gasteiger partial charge in [0, 0.05) is 49.1 Å². The van der Waals surface area contributed by atoms with Gasteiger partial charge < -0.3 is 35.6 Å². The number of amides is 1. The lowest BCUT2D eigenvalue weighted by Gasteiger charge is -2.31. The molecular formula is C30H36ClF2N7O3. The van der Waals surface area contributed by atoms with Crippen LogP contribution in [0.15, 0.2) is 49.2 Å². The number of alkyl halides is 1. The zero-order chi connectivity index (χ0) is 31.5. The van der Waals surface area contributed by atoms with Gasteiger partial charge in [-0.15, -0.1) is 0 Å². The minimum atomic E-state index is -1.37. The van der Waals surface area contributed by atoms with Crippen molar-refractivity contribution in [3.8, 4) is 5.75 Å². The van der Waals surface area contributed by atoms with E-state index in [-0.39, 0.29) is 29.1 Å². The van der Waals surface area contributed by atoms with Gasteiger partial charge in [-0.1, -0.05) is 18.2 Å². The number of rotatable bonds is 11. The average Bonchev–Trinajstić information content (AvgIpc) is 3.29. The third-order valence-electron chi connectivity index (χ3n) is 6.89. The Labute approximate surface area is 254 Å². The Morgan fingerprint density at radius 1 is 1.26 bits per heavy atom. The van der Waals surface area contributed by atoms with E-state index < -0.39 is 23.5 Å². The highest BCUT2D eigenvalue weighted by Gasteiger charge is 2.34. The van der Waals surface area contributed by atoms with Gasteiger partial charge in [-0.25, -0.2) is 13.8 Å². The molecule has 1 fully saturated rings. The number of ether oxygens (including phenoxy) is 1. The number of nitrogens with one attached hydrogen (secondary N) is 3. The first-order chi connectivity index (χ1) is 20.3. The second-order valence-electron chi connectivity index (χ2n) is 11.1. The fourth-order valence-electron chi connectivity index (χ4n) is 5.01. The van der Waals surface area contributed by atoms with Crippen LogP contribution in [0.1, 0.15) is 25.8 Å². The van der Waals surface area contributed by atoms with Gasteiger partial charge in [0.1, 0.15) is 23.6 Å². The minimum absolute atomic E-state index is 0.118. The largest absolute Gasteiger partial charge is 0.494 e. The number of halogens is 3. The highest BCUT2D eigenvalue weighted by Crippen LogP contribution is 2.41. The van der Waals surface area contributed by atoms with E-state index in [1.807, 2.05) is 23.9 Å². The van der Waals surface area contributed by atoms with Crippen molar-refractivity contribution in [1.82, 2.24) is 14.9 Å². The molecule has 13 heteroatoms. The van der Waals surface area contributed by atoms with E-state index in [0.29, 0.717) is 47.3 Å². The molecule has 0 spiro atoms. The van der Waals surface area contributed by atoms with E-state index in [4.69, 9.17) is 16.3 Å². The molecular weight excluding hydrogens is 580 g/mol. The van der Waals surface area contributed by atoms with Gasteiger partial charge in [0.2, 0.25) is 11.9 Å². The molecule has 4 N–H and O–H groups in total. The zero-order valence-corrected chi connectivity index (χ0v) is 25.5. The second-order valence-corrected chi connectivity index (χ2v) is 11.5. The number of anilines is 6. The van der Waals surface area contributed by atoms with E-state index in [0.717, 1.165) is 6.08 Å². The summed E-state index contributed by atoms with van der Waals surface area (Å²) in [5.74, 6) is -0.174. The lowest BCUT2D eigenvalue weighted by molar-refractivity contribution is -0.111. The summed E-state index contributed by atoms with van der Waals surface area (Å²) in [4.78, 5) is 25.1. The first-order valence-corrected chi connectivity index (χ1v) is 14.0. The lowest BCUT2D eigenvalue weighted by Crippen LogP contribution is -2.38. The molecule has 4 rings (SSSR count). The number of carbonyl (C=O) groups is 1. The van der Waals surface area contributed by atoms with Gasteiger partial charge in [0.25, 0.3) is 0 Å². The Kier molecular flexibility index (Phi) is 9.73. The summed E-state index contributed by atoms with van der Waals surface area (Å²) in [5.41, 5.74) is 0.748. The molecule has 3 aromatic rings. The second kappa shape index (κ2) is 13.1. The van der Waals surface area contributed by atoms with Gasteiger partial charge in [0.05, 0.1) is 34.8 Å². The van der Waals surface area contributed by atoms with E-state index in [1.54, 1.807) is 18.2 Å². The Hall–Kier alpha value is -4.00. The Bertz CT molecular complexity index is 1500. The first-order valence-electron chi connectivity index (χ1n) is 13.6. The molecule has 1 saturated heterocycles. The van der Waals surface area contributed by atoms with Crippen LogP contribution in [0.4, 0.5) is 43.3 Å². The summed E-state index contributed by atoms with van der Waals surface area (Å²) < 4.78 is 34.5. The Morgan fingerprint density at radius 2 is 2.00 bits per heavy atom. The third kappa shape index (κ3) is 7.70. The molecule has 1 aliphatic heterocycles. The third-order valence-corrected chi connectivity index (χ3v) is 7.18. The van der Waals surface area contributed by atoms with Crippen LogP contribution in [0.2, 0.25) is 5.02 Å². The van der Waals surface area contributed by atoms with Crippen molar-refractivity contribution in [2.45, 2.75) is 38.1 Å². The molecule has 1 amide bonds. The van der Waals surface area contributed by atoms with Crippen LogP contribution in [0.5, 0.6) is 5.75 Å². The monoisotopic (exact) mass is 615 g/mol. The van der Waals surface area contributed by atoms with Gasteiger partial charge in [0.15, 0.2) is 0 Å². The number of benzene rings is 2. The van der Waals surface area contributed by atoms with Crippen molar-refractivity contribution in [2.75, 3.05) is 55.1 Å². The molecule has 0 bridgehead atoms. The maximum absolute atomic E-state index is 14.6. The molecule has 10 nitrogen and oxygen atoms in total. The van der Waals surface area contributed by atoms with Crippen molar-refractivity contribution >= 4 is 52.0 Å². The topological polar surface area (TPSA) is 115 Å². The molecule has 1 aromatic heterocycles. The lowest BCUT2D eigenvalue weighted by atomic mass is 9.96. The maximum atomic E-state index is 14.6. The number of methoxy groups -OCH3 is 1. The molecule has 2 heterocycles. The number of likely N-dealkylation sites (N-methyl/N-ethyl adjacent to an activating group) is 1. The molecule has 1 aliphatic rings. The van der Waals surface area contributed by atoms with E-state index in [2.05, 4.69) is 32.5 Å². The fraction of sp³-hybridized carbons (Fsp3) is 0.367. The van der Waals surface area contributed by atoms with Crippen LogP contribution in [0.25, 0.3) is 0 Å². The highest BCUT2D eigenvalue weighted by atomic mass is 35.5. The predicted octanol–water partition coefficient (Wildman–Crippen LogP) is 5.60. The number of carbonyl (C=O) groups excluding carboxylic acids is 1. The summed E-state index contributed by atoms with van der Waals surface area (Å²) in [7, 11) is 5.36. The molecule has 230 valence electrons. The smallest absolute Gasteiger partial charge is 0.247 e. The minimum Gasteiger partial charge on any atom is -0.494 e. The summed E-state index contributed by atoms with van der Waals surface area (Å²) >= 11 is 6.02. The molecule has 2 atom stereocenters. The standard InChI is InChI=1S/C30H36ClF2N7O3/c1-7-28(41)36-23-13-24(26(43-6)14-25(23)40-15-17(32)10-18(40)16-39(4)5)37-29-34-9-8-27(38-29)35-22-12-20(31)21(33)11-19(22)30(2,3)42/h7-9,11-14,17-18,42H,1,10,15-16H2,2-6H3,(H,36,41)(H2,34,35,37,38)/t17-,18-/m1/s1. The van der Waals surface area contributed by atoms with Gasteiger partial charge in [-0.3, -0.25) is 4.79 Å². The zero-order valence-electron chi connectivity index (χ0n) is 24.7. The fourth-order valence-corrected chi connectivity index (χ4v) is 5.17. The number of aliphatic hydroxyl groups is 1. The van der Waals surface area contributed by atoms with E-state index in [9.17, 15) is 18.7 Å². The van der Waals surface area contributed by atoms with Crippen LogP contribution in [0.3, 0.4) is 0 Å². The SMILES string of the molecule is C=CC(=O)Nc1cc(Nc2nccc(Nc3cc(Cl)c(F)cc3C(C)(C)O)n2)c(OC)cc1N1C[C@H](F)C[C@@H]1CN(C)C. The van der Waals surface area contributed by atoms with Crippen molar-refractivity contribution in [3.63, 3.8) is 0 Å². The van der Waals surface area contributed by atoms with Gasteiger partial charge >= 0.3 is 0 Å². The summed E-state index contributed by atoms with van der Waals surface area (Å²) in [6, 6.07) is 7.43. The summed E-state index contributed by atoms with van der Waals surface area (Å²) in [6.45, 7) is 7.40. The molecule has 43 heavy (non-hydrogen) atoms. The Balaban J connectivity index is 1.69. The quantitative estimate of drug-likeness (QED) is 0.205. The van der Waals surface area contributed by atoms with Crippen molar-refractivity contribution in [1.29, 1.82) is 0 Å². The average molecular weight is 616 g/mol. The van der Waals surface area contributed by atoms with Crippen LogP contribution in [-0.2, 0) is 10.4 Å². The number of hydrogen-bond donors (Lipinski definition) is 4. The number of nitrogens with zero attached hydrogens (tertiary/aromatic N) is 4. The van der Waals surface area contributed by atoms with Crippen LogP contribution in [-0.4, -0.2) is 72.4 Å². The molecule has 2 aromatic carbocycles. The van der Waals surface area contributed by atoms with E-state index in [1.165, 1.54) is 39.3 Å². The molecule has 0 unspecified atom stereocenters. The number of hydrogen-bond acceptors (Lipinski definition) is 9. The Morgan fingerprint density at radius 3 is 2.65 bits per heavy atom. The van der Waals surface area contributed by atoms with Crippen molar-refractivity contribution < 1.29 is 23.4 Å². The normalized spacial score (nSPS) is 16.7. The first kappa shape index (κ1) is 31.9.